The van der Waals surface area contributed by atoms with E-state index in [1.165, 1.54) is 0 Å². The van der Waals surface area contributed by atoms with Crippen LogP contribution in [-0.4, -0.2) is 17.9 Å². The number of pyridine rings is 1. The Balaban J connectivity index is 2.20. The number of aromatic nitrogens is 1. The highest BCUT2D eigenvalue weighted by molar-refractivity contribution is 6.30. The molecule has 0 saturated heterocycles. The molecule has 0 spiro atoms. The molecule has 2 rings (SSSR count). The Hall–Kier alpha value is -2.07. The quantitative estimate of drug-likeness (QED) is 0.903. The van der Waals surface area contributed by atoms with Crippen molar-refractivity contribution >= 4 is 29.0 Å². The van der Waals surface area contributed by atoms with E-state index in [1.54, 1.807) is 43.4 Å². The fourth-order valence-corrected chi connectivity index (χ4v) is 1.79. The first kappa shape index (κ1) is 13.4. The molecule has 5 heteroatoms. The van der Waals surface area contributed by atoms with Crippen LogP contribution >= 0.6 is 11.6 Å². The van der Waals surface area contributed by atoms with Gasteiger partial charge in [0, 0.05) is 29.0 Å². The summed E-state index contributed by atoms with van der Waals surface area (Å²) in [5, 5.41) is 6.37. The van der Waals surface area contributed by atoms with E-state index in [4.69, 9.17) is 11.6 Å². The number of nitrogens with one attached hydrogen (secondary N) is 2. The van der Waals surface area contributed by atoms with Crippen molar-refractivity contribution in [2.24, 2.45) is 0 Å². The topological polar surface area (TPSA) is 54.0 Å². The molecular weight excluding hydrogens is 262 g/mol. The molecule has 0 saturated carbocycles. The van der Waals surface area contributed by atoms with Gasteiger partial charge in [-0.2, -0.15) is 0 Å². The molecular formula is C14H14ClN3O. The Morgan fingerprint density at radius 3 is 2.53 bits per heavy atom. The number of hydrogen-bond donors (Lipinski definition) is 2. The lowest BCUT2D eigenvalue weighted by atomic mass is 10.2. The highest BCUT2D eigenvalue weighted by Gasteiger charge is 2.08. The number of carbonyl (C=O) groups excluding carboxylic acids is 1. The summed E-state index contributed by atoms with van der Waals surface area (Å²) in [4.78, 5) is 16.4. The van der Waals surface area contributed by atoms with Gasteiger partial charge in [0.15, 0.2) is 0 Å². The highest BCUT2D eigenvalue weighted by Crippen LogP contribution is 2.16. The summed E-state index contributed by atoms with van der Waals surface area (Å²) < 4.78 is 0. The Morgan fingerprint density at radius 1 is 1.21 bits per heavy atom. The molecule has 0 radical (unpaired) electrons. The van der Waals surface area contributed by atoms with Crippen LogP contribution in [0.15, 0.2) is 36.4 Å². The average molecular weight is 276 g/mol. The van der Waals surface area contributed by atoms with E-state index >= 15 is 0 Å². The molecule has 1 heterocycles. The van der Waals surface area contributed by atoms with Gasteiger partial charge in [0.05, 0.1) is 0 Å². The van der Waals surface area contributed by atoms with Crippen molar-refractivity contribution in [1.29, 1.82) is 0 Å². The Bertz CT molecular complexity index is 596. The maximum atomic E-state index is 12.1. The summed E-state index contributed by atoms with van der Waals surface area (Å²) in [6.07, 6.45) is 0. The van der Waals surface area contributed by atoms with E-state index in [1.807, 2.05) is 6.92 Å². The van der Waals surface area contributed by atoms with Crippen molar-refractivity contribution < 1.29 is 4.79 Å². The number of aryl methyl sites for hydroxylation is 1. The Labute approximate surface area is 116 Å². The van der Waals surface area contributed by atoms with Gasteiger partial charge in [-0.25, -0.2) is 4.98 Å². The smallest absolute Gasteiger partial charge is 0.255 e. The van der Waals surface area contributed by atoms with Crippen molar-refractivity contribution in [2.75, 3.05) is 17.7 Å². The molecule has 2 aromatic rings. The van der Waals surface area contributed by atoms with Gasteiger partial charge >= 0.3 is 0 Å². The summed E-state index contributed by atoms with van der Waals surface area (Å²) in [6, 6.07) is 10.4. The summed E-state index contributed by atoms with van der Waals surface area (Å²) in [5.41, 5.74) is 2.05. The Morgan fingerprint density at radius 2 is 1.89 bits per heavy atom. The van der Waals surface area contributed by atoms with E-state index in [0.717, 1.165) is 5.69 Å². The van der Waals surface area contributed by atoms with Crippen LogP contribution in [0.5, 0.6) is 0 Å². The first-order valence-electron chi connectivity index (χ1n) is 5.82. The number of carbonyl (C=O) groups is 1. The van der Waals surface area contributed by atoms with Crippen molar-refractivity contribution in [3.8, 4) is 0 Å². The van der Waals surface area contributed by atoms with E-state index in [0.29, 0.717) is 22.1 Å². The van der Waals surface area contributed by atoms with E-state index in [-0.39, 0.29) is 5.91 Å². The van der Waals surface area contributed by atoms with Gasteiger partial charge in [-0.15, -0.1) is 0 Å². The predicted molar refractivity (Wildman–Crippen MR) is 77.9 cm³/mol. The highest BCUT2D eigenvalue weighted by atomic mass is 35.5. The van der Waals surface area contributed by atoms with Gasteiger partial charge in [-0.05, 0) is 43.3 Å². The molecule has 0 aliphatic heterocycles. The van der Waals surface area contributed by atoms with Crippen LogP contribution in [0.3, 0.4) is 0 Å². The van der Waals surface area contributed by atoms with Gasteiger partial charge in [0.1, 0.15) is 5.82 Å². The van der Waals surface area contributed by atoms with Gasteiger partial charge in [0.2, 0.25) is 0 Å². The maximum absolute atomic E-state index is 12.1. The molecule has 0 aliphatic carbocycles. The number of anilines is 2. The molecule has 2 N–H and O–H groups in total. The second-order valence-corrected chi connectivity index (χ2v) is 4.53. The molecule has 1 aromatic heterocycles. The van der Waals surface area contributed by atoms with Crippen LogP contribution in [0.2, 0.25) is 5.02 Å². The molecule has 0 aliphatic rings. The van der Waals surface area contributed by atoms with Crippen LogP contribution in [-0.2, 0) is 0 Å². The molecule has 1 amide bonds. The zero-order valence-electron chi connectivity index (χ0n) is 10.7. The zero-order chi connectivity index (χ0) is 13.8. The van der Waals surface area contributed by atoms with Crippen LogP contribution in [0, 0.1) is 6.92 Å². The van der Waals surface area contributed by atoms with E-state index < -0.39 is 0 Å². The number of nitrogens with zero attached hydrogens (tertiary/aromatic N) is 1. The SMILES string of the molecule is CNc1cc(C(=O)Nc2ccc(Cl)cc2)cc(C)n1. The first-order chi connectivity index (χ1) is 9.08. The van der Waals surface area contributed by atoms with Crippen molar-refractivity contribution in [1.82, 2.24) is 4.98 Å². The summed E-state index contributed by atoms with van der Waals surface area (Å²) >= 11 is 5.80. The van der Waals surface area contributed by atoms with Crippen molar-refractivity contribution in [3.63, 3.8) is 0 Å². The average Bonchev–Trinajstić information content (AvgIpc) is 2.40. The minimum Gasteiger partial charge on any atom is -0.373 e. The number of hydrogen-bond acceptors (Lipinski definition) is 3. The normalized spacial score (nSPS) is 10.1. The third kappa shape index (κ3) is 3.45. The van der Waals surface area contributed by atoms with E-state index in [2.05, 4.69) is 15.6 Å². The maximum Gasteiger partial charge on any atom is 0.255 e. The number of halogens is 1. The van der Waals surface area contributed by atoms with Crippen molar-refractivity contribution in [2.45, 2.75) is 6.92 Å². The van der Waals surface area contributed by atoms with Crippen molar-refractivity contribution in [3.05, 3.63) is 52.7 Å². The molecule has 0 fully saturated rings. The Kier molecular flexibility index (Phi) is 4.02. The van der Waals surface area contributed by atoms with Crippen LogP contribution in [0.4, 0.5) is 11.5 Å². The second kappa shape index (κ2) is 5.71. The third-order valence-electron chi connectivity index (χ3n) is 2.57. The molecule has 4 nitrogen and oxygen atoms in total. The fourth-order valence-electron chi connectivity index (χ4n) is 1.66. The summed E-state index contributed by atoms with van der Waals surface area (Å²) in [7, 11) is 1.77. The first-order valence-corrected chi connectivity index (χ1v) is 6.19. The van der Waals surface area contributed by atoms with E-state index in [9.17, 15) is 4.79 Å². The second-order valence-electron chi connectivity index (χ2n) is 4.09. The van der Waals surface area contributed by atoms with Crippen LogP contribution < -0.4 is 10.6 Å². The largest absolute Gasteiger partial charge is 0.373 e. The lowest BCUT2D eigenvalue weighted by Gasteiger charge is -2.08. The lowest BCUT2D eigenvalue weighted by Crippen LogP contribution is -2.13. The fraction of sp³-hybridized carbons (Fsp3) is 0.143. The molecule has 1 aromatic carbocycles. The predicted octanol–water partition coefficient (Wildman–Crippen LogP) is 3.34. The molecule has 98 valence electrons. The minimum absolute atomic E-state index is 0.177. The van der Waals surface area contributed by atoms with Crippen LogP contribution in [0.1, 0.15) is 16.1 Å². The molecule has 19 heavy (non-hydrogen) atoms. The van der Waals surface area contributed by atoms with Gasteiger partial charge in [-0.1, -0.05) is 11.6 Å². The molecule has 0 atom stereocenters. The lowest BCUT2D eigenvalue weighted by molar-refractivity contribution is 0.102. The summed E-state index contributed by atoms with van der Waals surface area (Å²) in [6.45, 7) is 1.85. The monoisotopic (exact) mass is 275 g/mol. The number of amides is 1. The standard InChI is InChI=1S/C14H14ClN3O/c1-9-7-10(8-13(16-2)17-9)14(19)18-12-5-3-11(15)4-6-12/h3-8H,1-2H3,(H,16,17)(H,18,19). The molecule has 0 unspecified atom stereocenters. The minimum atomic E-state index is -0.177. The van der Waals surface area contributed by atoms with Gasteiger partial charge in [-0.3, -0.25) is 4.79 Å². The van der Waals surface area contributed by atoms with Gasteiger partial charge in [0.25, 0.3) is 5.91 Å². The molecule has 0 bridgehead atoms. The zero-order valence-corrected chi connectivity index (χ0v) is 11.5. The summed E-state index contributed by atoms with van der Waals surface area (Å²) in [5.74, 6) is 0.491. The number of rotatable bonds is 3. The van der Waals surface area contributed by atoms with Crippen LogP contribution in [0.25, 0.3) is 0 Å². The van der Waals surface area contributed by atoms with Gasteiger partial charge < -0.3 is 10.6 Å². The number of benzene rings is 1. The third-order valence-corrected chi connectivity index (χ3v) is 2.83.